The van der Waals surface area contributed by atoms with Gasteiger partial charge in [-0.1, -0.05) is 0 Å². The van der Waals surface area contributed by atoms with Crippen LogP contribution >= 0.6 is 0 Å². The Bertz CT molecular complexity index is 379. The summed E-state index contributed by atoms with van der Waals surface area (Å²) in [6.07, 6.45) is 13.5. The van der Waals surface area contributed by atoms with Crippen LogP contribution in [0.15, 0.2) is 22.3 Å². The number of hydrogen-bond donors (Lipinski definition) is 0. The fourth-order valence-corrected chi connectivity index (χ4v) is 19.8. The van der Waals surface area contributed by atoms with Gasteiger partial charge in [-0.2, -0.15) is 0 Å². The number of unbranched alkanes of at least 4 members (excludes halogenated alkanes) is 3. The van der Waals surface area contributed by atoms with E-state index in [1.54, 1.807) is 0 Å². The molecule has 0 bridgehead atoms. The summed E-state index contributed by atoms with van der Waals surface area (Å²) < 4.78 is 10.9. The predicted molar refractivity (Wildman–Crippen MR) is 102 cm³/mol. The van der Waals surface area contributed by atoms with Crippen molar-refractivity contribution in [3.63, 3.8) is 0 Å². The van der Waals surface area contributed by atoms with Crippen molar-refractivity contribution in [1.82, 2.24) is 0 Å². The van der Waals surface area contributed by atoms with Crippen molar-refractivity contribution in [2.45, 2.75) is 91.6 Å². The first kappa shape index (κ1) is 20.8. The summed E-state index contributed by atoms with van der Waals surface area (Å²) in [7, 11) is 0. The number of ether oxygens (including phenoxy) is 1. The fourth-order valence-electron chi connectivity index (χ4n) is 3.63. The van der Waals surface area contributed by atoms with Crippen LogP contribution in [0.3, 0.4) is 0 Å². The van der Waals surface area contributed by atoms with Gasteiger partial charge in [0, 0.05) is 0 Å². The van der Waals surface area contributed by atoms with Gasteiger partial charge in [-0.15, -0.1) is 0 Å². The monoisotopic (exact) mass is 428 g/mol. The number of carbonyl (C=O) groups excluding carboxylic acids is 1. The molecule has 0 unspecified atom stereocenters. The number of cyclic esters (lactones) is 1. The van der Waals surface area contributed by atoms with Crippen LogP contribution in [0.1, 0.15) is 72.1 Å². The molecule has 0 N–H and O–H groups in total. The van der Waals surface area contributed by atoms with Crippen molar-refractivity contribution in [2.24, 2.45) is 0 Å². The molecule has 0 aromatic carbocycles. The van der Waals surface area contributed by atoms with E-state index in [1.807, 2.05) is 6.08 Å². The first-order valence-electron chi connectivity index (χ1n) is 9.67. The van der Waals surface area contributed by atoms with Gasteiger partial charge in [-0.3, -0.25) is 0 Å². The zero-order valence-corrected chi connectivity index (χ0v) is 18.4. The maximum atomic E-state index is 12.6. The summed E-state index contributed by atoms with van der Waals surface area (Å²) in [4.78, 5) is 12.6. The second kappa shape index (κ2) is 11.3. The van der Waals surface area contributed by atoms with Gasteiger partial charge in [0.05, 0.1) is 0 Å². The van der Waals surface area contributed by atoms with Crippen molar-refractivity contribution in [1.29, 1.82) is 0 Å². The Balaban J connectivity index is 3.02. The first-order valence-corrected chi connectivity index (χ1v) is 17.2. The van der Waals surface area contributed by atoms with Crippen LogP contribution in [0.5, 0.6) is 0 Å². The van der Waals surface area contributed by atoms with Crippen LogP contribution < -0.4 is 0 Å². The summed E-state index contributed by atoms with van der Waals surface area (Å²) in [6.45, 7) is 10.6. The quantitative estimate of drug-likeness (QED) is 0.199. The third kappa shape index (κ3) is 6.28. The van der Waals surface area contributed by atoms with Crippen LogP contribution in [-0.4, -0.2) is 30.5 Å². The molecule has 3 heteroatoms. The second-order valence-corrected chi connectivity index (χ2v) is 20.1. The van der Waals surface area contributed by atoms with Crippen molar-refractivity contribution < 1.29 is 9.53 Å². The molecule has 0 saturated carbocycles. The molecule has 2 nitrogen and oxygen atoms in total. The summed E-state index contributed by atoms with van der Waals surface area (Å²) >= 11 is -2.61. The molecule has 0 amide bonds. The van der Waals surface area contributed by atoms with E-state index in [9.17, 15) is 4.79 Å². The molecule has 0 spiro atoms. The SMILES string of the molecule is C=CCC[C@@H]1C=[C]([Sn]([CH2]CCC)([CH2]CCC)[CH2]CCC)C(=O)O1. The Morgan fingerprint density at radius 3 is 2.04 bits per heavy atom. The molecule has 1 aliphatic heterocycles. The van der Waals surface area contributed by atoms with Crippen molar-refractivity contribution >= 4 is 24.3 Å². The van der Waals surface area contributed by atoms with Gasteiger partial charge in [0.25, 0.3) is 0 Å². The zero-order chi connectivity index (χ0) is 17.1. The number of rotatable bonds is 13. The number of carbonyl (C=O) groups is 1. The van der Waals surface area contributed by atoms with E-state index >= 15 is 0 Å². The molecular weight excluding hydrogens is 391 g/mol. The molecule has 0 aliphatic carbocycles. The van der Waals surface area contributed by atoms with Gasteiger partial charge in [0.1, 0.15) is 0 Å². The van der Waals surface area contributed by atoms with Crippen LogP contribution in [0.2, 0.25) is 13.3 Å². The molecule has 1 heterocycles. The van der Waals surface area contributed by atoms with E-state index in [1.165, 1.54) is 55.4 Å². The number of allylic oxidation sites excluding steroid dienone is 1. The zero-order valence-electron chi connectivity index (χ0n) is 15.5. The van der Waals surface area contributed by atoms with E-state index in [0.29, 0.717) is 0 Å². The topological polar surface area (TPSA) is 26.3 Å². The van der Waals surface area contributed by atoms with Gasteiger partial charge in [-0.05, 0) is 0 Å². The Morgan fingerprint density at radius 1 is 1.09 bits per heavy atom. The second-order valence-electron chi connectivity index (χ2n) is 6.98. The molecule has 1 atom stereocenters. The fraction of sp³-hybridized carbons (Fsp3) is 0.750. The Kier molecular flexibility index (Phi) is 10.2. The predicted octanol–water partition coefficient (Wildman–Crippen LogP) is 6.19. The molecule has 132 valence electrons. The Labute approximate surface area is 147 Å². The van der Waals surface area contributed by atoms with Crippen molar-refractivity contribution in [3.05, 3.63) is 22.3 Å². The van der Waals surface area contributed by atoms with Crippen molar-refractivity contribution in [3.8, 4) is 0 Å². The average Bonchev–Trinajstić information content (AvgIpc) is 2.94. The summed E-state index contributed by atoms with van der Waals surface area (Å²) in [5.41, 5.74) is 0. The summed E-state index contributed by atoms with van der Waals surface area (Å²) in [6, 6.07) is 0. The van der Waals surface area contributed by atoms with Crippen LogP contribution in [0.25, 0.3) is 0 Å². The van der Waals surface area contributed by atoms with E-state index in [2.05, 4.69) is 33.4 Å². The standard InChI is InChI=1S/C8H9O2.3C4H9.Sn/c1-2-3-4-7-5-6-8(9)10-7;3*1-3-4-2;/h2,5,7H,1,3-4H2;3*1,3-4H2,2H3;/t7-;;;;/m1..../s1. The summed E-state index contributed by atoms with van der Waals surface area (Å²) in [5.74, 6) is 0.0400. The van der Waals surface area contributed by atoms with Gasteiger partial charge in [0.2, 0.25) is 0 Å². The number of hydrogen-bond acceptors (Lipinski definition) is 2. The van der Waals surface area contributed by atoms with Gasteiger partial charge >= 0.3 is 148 Å². The maximum absolute atomic E-state index is 12.6. The van der Waals surface area contributed by atoms with E-state index in [-0.39, 0.29) is 12.1 Å². The van der Waals surface area contributed by atoms with Gasteiger partial charge in [0.15, 0.2) is 0 Å². The molecule has 0 aromatic rings. The molecule has 0 saturated heterocycles. The molecule has 1 aliphatic rings. The van der Waals surface area contributed by atoms with Crippen LogP contribution in [0, 0.1) is 0 Å². The van der Waals surface area contributed by atoms with Crippen LogP contribution in [0.4, 0.5) is 0 Å². The molecule has 0 aromatic heterocycles. The van der Waals surface area contributed by atoms with Crippen molar-refractivity contribution in [2.75, 3.05) is 0 Å². The van der Waals surface area contributed by atoms with Gasteiger partial charge < -0.3 is 0 Å². The average molecular weight is 427 g/mol. The molecular formula is C20H36O2Sn. The Hall–Kier alpha value is -0.251. The minimum atomic E-state index is -2.61. The normalized spacial score (nSPS) is 18.0. The van der Waals surface area contributed by atoms with E-state index in [0.717, 1.165) is 12.8 Å². The van der Waals surface area contributed by atoms with E-state index < -0.39 is 18.4 Å². The third-order valence-corrected chi connectivity index (χ3v) is 20.6. The Morgan fingerprint density at radius 2 is 1.61 bits per heavy atom. The van der Waals surface area contributed by atoms with E-state index in [4.69, 9.17) is 4.74 Å². The molecule has 1 rings (SSSR count). The molecule has 23 heavy (non-hydrogen) atoms. The summed E-state index contributed by atoms with van der Waals surface area (Å²) in [5, 5.41) is 0. The van der Waals surface area contributed by atoms with Crippen LogP contribution in [-0.2, 0) is 9.53 Å². The van der Waals surface area contributed by atoms with Gasteiger partial charge in [-0.25, -0.2) is 0 Å². The minimum absolute atomic E-state index is 0.0106. The molecule has 0 fully saturated rings. The molecule has 0 radical (unpaired) electrons. The first-order chi connectivity index (χ1) is 11.1. The third-order valence-electron chi connectivity index (χ3n) is 5.08. The number of esters is 1.